The molecule has 3 saturated heterocycles. The van der Waals surface area contributed by atoms with Crippen molar-refractivity contribution in [3.63, 3.8) is 0 Å². The van der Waals surface area contributed by atoms with E-state index in [9.17, 15) is 4.79 Å². The first-order valence-corrected chi connectivity index (χ1v) is 5.53. The first-order chi connectivity index (χ1) is 8.28. The lowest BCUT2D eigenvalue weighted by atomic mass is 10.5. The molecule has 3 atom stereocenters. The molecule has 7 heteroatoms. The molecule has 1 N–H and O–H groups in total. The minimum absolute atomic E-state index is 0.0923. The Labute approximate surface area is 98.5 Å². The molecule has 0 radical (unpaired) electrons. The monoisotopic (exact) mass is 248 g/mol. The van der Waals surface area contributed by atoms with E-state index in [4.69, 9.17) is 24.1 Å². The third kappa shape index (κ3) is 6.42. The minimum Gasteiger partial charge on any atom is -0.431 e. The average molecular weight is 248 g/mol. The van der Waals surface area contributed by atoms with Gasteiger partial charge in [-0.2, -0.15) is 0 Å². The van der Waals surface area contributed by atoms with Crippen LogP contribution >= 0.6 is 0 Å². The van der Waals surface area contributed by atoms with Crippen LogP contribution in [0.25, 0.3) is 0 Å². The van der Waals surface area contributed by atoms with E-state index in [1.165, 1.54) is 0 Å². The highest BCUT2D eigenvalue weighted by molar-refractivity contribution is 5.59. The van der Waals surface area contributed by atoms with Crippen LogP contribution in [0.2, 0.25) is 0 Å². The normalized spacial score (nSPS) is 31.9. The van der Waals surface area contributed by atoms with Crippen LogP contribution in [0.1, 0.15) is 0 Å². The summed E-state index contributed by atoms with van der Waals surface area (Å²) in [5.74, 6) is 0. The SMILES string of the molecule is O=C(OCC1CO1)OCC1CO1.OCC1CO1. The Morgan fingerprint density at radius 3 is 1.65 bits per heavy atom. The number of hydrogen-bond acceptors (Lipinski definition) is 7. The fourth-order valence-electron chi connectivity index (χ4n) is 0.866. The standard InChI is InChI=1S/C7H10O5.C3H6O2/c8-7(11-3-5-1-9-5)12-4-6-2-10-6;4-1-3-2-5-3/h5-6H,1-4H2;3-4H,1-2H2. The summed E-state index contributed by atoms with van der Waals surface area (Å²) in [6, 6.07) is 0. The van der Waals surface area contributed by atoms with Crippen LogP contribution in [0.4, 0.5) is 4.79 Å². The zero-order valence-electron chi connectivity index (χ0n) is 9.37. The maximum atomic E-state index is 10.8. The number of aliphatic hydroxyl groups excluding tert-OH is 1. The minimum atomic E-state index is -0.638. The molecular formula is C10H16O7. The number of carbonyl (C=O) groups is 1. The lowest BCUT2D eigenvalue weighted by molar-refractivity contribution is 0.0461. The Balaban J connectivity index is 0.000000181. The number of epoxide rings is 3. The molecule has 0 saturated carbocycles. The number of rotatable bonds is 5. The fourth-order valence-corrected chi connectivity index (χ4v) is 0.866. The van der Waals surface area contributed by atoms with Gasteiger partial charge in [0.05, 0.1) is 26.4 Å². The van der Waals surface area contributed by atoms with Crippen LogP contribution in [0, 0.1) is 0 Å². The topological polar surface area (TPSA) is 93.4 Å². The number of carbonyl (C=O) groups excluding carboxylic acids is 1. The Morgan fingerprint density at radius 1 is 1.00 bits per heavy atom. The summed E-state index contributed by atoms with van der Waals surface area (Å²) in [5, 5.41) is 8.08. The molecule has 3 aliphatic heterocycles. The van der Waals surface area contributed by atoms with E-state index in [0.29, 0.717) is 26.4 Å². The van der Waals surface area contributed by atoms with Gasteiger partial charge in [0.2, 0.25) is 0 Å². The number of aliphatic hydroxyl groups is 1. The van der Waals surface area contributed by atoms with Gasteiger partial charge in [0.25, 0.3) is 0 Å². The van der Waals surface area contributed by atoms with Crippen LogP contribution in [-0.2, 0) is 23.7 Å². The number of hydrogen-bond donors (Lipinski definition) is 1. The van der Waals surface area contributed by atoms with Crippen molar-refractivity contribution in [2.24, 2.45) is 0 Å². The van der Waals surface area contributed by atoms with Crippen LogP contribution in [0.5, 0.6) is 0 Å². The quantitative estimate of drug-likeness (QED) is 0.508. The Hall–Kier alpha value is -0.890. The van der Waals surface area contributed by atoms with Gasteiger partial charge in [-0.25, -0.2) is 4.79 Å². The summed E-state index contributed by atoms with van der Waals surface area (Å²) >= 11 is 0. The van der Waals surface area contributed by atoms with Gasteiger partial charge in [0.15, 0.2) is 0 Å². The van der Waals surface area contributed by atoms with Crippen molar-refractivity contribution in [3.05, 3.63) is 0 Å². The van der Waals surface area contributed by atoms with Gasteiger partial charge in [-0.05, 0) is 0 Å². The van der Waals surface area contributed by atoms with E-state index in [1.54, 1.807) is 0 Å². The van der Waals surface area contributed by atoms with Gasteiger partial charge < -0.3 is 28.8 Å². The fraction of sp³-hybridized carbons (Fsp3) is 0.900. The van der Waals surface area contributed by atoms with Crippen molar-refractivity contribution >= 4 is 6.16 Å². The van der Waals surface area contributed by atoms with Crippen molar-refractivity contribution in [2.45, 2.75) is 18.3 Å². The van der Waals surface area contributed by atoms with Crippen LogP contribution in [0.15, 0.2) is 0 Å². The predicted octanol–water partition coefficient (Wildman–Crippen LogP) is -0.685. The molecule has 0 aromatic heterocycles. The summed E-state index contributed by atoms with van der Waals surface area (Å²) in [6.07, 6.45) is -0.263. The molecule has 0 bridgehead atoms. The summed E-state index contributed by atoms with van der Waals surface area (Å²) in [6.45, 7) is 2.91. The summed E-state index contributed by atoms with van der Waals surface area (Å²) in [4.78, 5) is 10.8. The van der Waals surface area contributed by atoms with Gasteiger partial charge in [-0.3, -0.25) is 0 Å². The third-order valence-electron chi connectivity index (χ3n) is 2.18. The summed E-state index contributed by atoms with van der Waals surface area (Å²) < 4.78 is 23.7. The highest BCUT2D eigenvalue weighted by Crippen LogP contribution is 2.11. The zero-order chi connectivity index (χ0) is 12.1. The molecule has 0 aliphatic carbocycles. The molecule has 3 fully saturated rings. The third-order valence-corrected chi connectivity index (χ3v) is 2.18. The van der Waals surface area contributed by atoms with Crippen molar-refractivity contribution in [1.82, 2.24) is 0 Å². The first-order valence-electron chi connectivity index (χ1n) is 5.53. The van der Waals surface area contributed by atoms with E-state index in [0.717, 1.165) is 6.61 Å². The highest BCUT2D eigenvalue weighted by Gasteiger charge is 2.27. The summed E-state index contributed by atoms with van der Waals surface area (Å²) in [7, 11) is 0. The smallest absolute Gasteiger partial charge is 0.431 e. The highest BCUT2D eigenvalue weighted by atomic mass is 16.7. The molecule has 3 rings (SSSR count). The van der Waals surface area contributed by atoms with Gasteiger partial charge in [-0.15, -0.1) is 0 Å². The second kappa shape index (κ2) is 6.15. The second-order valence-electron chi connectivity index (χ2n) is 3.92. The van der Waals surface area contributed by atoms with E-state index in [2.05, 4.69) is 4.74 Å². The Kier molecular flexibility index (Phi) is 4.55. The van der Waals surface area contributed by atoms with Crippen molar-refractivity contribution in [3.8, 4) is 0 Å². The molecule has 0 aromatic carbocycles. The molecule has 3 aliphatic rings. The van der Waals surface area contributed by atoms with Crippen LogP contribution in [0.3, 0.4) is 0 Å². The lowest BCUT2D eigenvalue weighted by Gasteiger charge is -2.02. The lowest BCUT2D eigenvalue weighted by Crippen LogP contribution is -2.14. The van der Waals surface area contributed by atoms with Gasteiger partial charge in [0, 0.05) is 0 Å². The predicted molar refractivity (Wildman–Crippen MR) is 53.6 cm³/mol. The van der Waals surface area contributed by atoms with Gasteiger partial charge in [0.1, 0.15) is 31.5 Å². The molecule has 3 unspecified atom stereocenters. The Bertz CT molecular complexity index is 227. The molecule has 98 valence electrons. The van der Waals surface area contributed by atoms with Crippen LogP contribution < -0.4 is 0 Å². The average Bonchev–Trinajstić information content (AvgIpc) is 3.19. The molecule has 3 heterocycles. The molecule has 0 spiro atoms. The van der Waals surface area contributed by atoms with E-state index >= 15 is 0 Å². The van der Waals surface area contributed by atoms with Gasteiger partial charge >= 0.3 is 6.16 Å². The van der Waals surface area contributed by atoms with Crippen molar-refractivity contribution < 1.29 is 33.6 Å². The maximum absolute atomic E-state index is 10.8. The van der Waals surface area contributed by atoms with E-state index in [1.807, 2.05) is 0 Å². The maximum Gasteiger partial charge on any atom is 0.508 e. The van der Waals surface area contributed by atoms with Crippen molar-refractivity contribution in [2.75, 3.05) is 39.6 Å². The van der Waals surface area contributed by atoms with E-state index < -0.39 is 6.16 Å². The van der Waals surface area contributed by atoms with Crippen molar-refractivity contribution in [1.29, 1.82) is 0 Å². The molecule has 0 amide bonds. The molecule has 0 aromatic rings. The molecular weight excluding hydrogens is 232 g/mol. The molecule has 17 heavy (non-hydrogen) atoms. The van der Waals surface area contributed by atoms with Crippen LogP contribution in [-0.4, -0.2) is 69.2 Å². The number of ether oxygens (including phenoxy) is 5. The first kappa shape index (κ1) is 12.6. The second-order valence-corrected chi connectivity index (χ2v) is 3.92. The largest absolute Gasteiger partial charge is 0.508 e. The molecule has 7 nitrogen and oxygen atoms in total. The van der Waals surface area contributed by atoms with Gasteiger partial charge in [-0.1, -0.05) is 0 Å². The zero-order valence-corrected chi connectivity index (χ0v) is 9.37. The summed E-state index contributed by atoms with van der Waals surface area (Å²) in [5.41, 5.74) is 0. The Morgan fingerprint density at radius 2 is 1.41 bits per heavy atom. The van der Waals surface area contributed by atoms with E-state index in [-0.39, 0.29) is 24.9 Å².